The van der Waals surface area contributed by atoms with E-state index in [-0.39, 0.29) is 0 Å². The van der Waals surface area contributed by atoms with Crippen molar-refractivity contribution in [1.29, 1.82) is 0 Å². The van der Waals surface area contributed by atoms with E-state index < -0.39 is 0 Å². The zero-order valence-corrected chi connectivity index (χ0v) is 13.1. The van der Waals surface area contributed by atoms with Gasteiger partial charge in [-0.3, -0.25) is 0 Å². The summed E-state index contributed by atoms with van der Waals surface area (Å²) in [5.74, 6) is 1.58. The summed E-state index contributed by atoms with van der Waals surface area (Å²) in [7, 11) is 0. The van der Waals surface area contributed by atoms with Crippen molar-refractivity contribution < 1.29 is 0 Å². The summed E-state index contributed by atoms with van der Waals surface area (Å²) in [5, 5.41) is 4.56. The summed E-state index contributed by atoms with van der Waals surface area (Å²) >= 11 is 6.32. The maximum atomic E-state index is 6.32. The van der Waals surface area contributed by atoms with Crippen molar-refractivity contribution in [2.75, 3.05) is 13.1 Å². The smallest absolute Gasteiger partial charge is 0.0438 e. The second-order valence-electron chi connectivity index (χ2n) is 6.72. The maximum Gasteiger partial charge on any atom is 0.0438 e. The molecule has 0 aliphatic heterocycles. The van der Waals surface area contributed by atoms with Crippen LogP contribution in [0.4, 0.5) is 0 Å². The normalized spacial score (nSPS) is 18.6. The molecule has 0 radical (unpaired) electrons. The van der Waals surface area contributed by atoms with E-state index in [1.165, 1.54) is 18.4 Å². The van der Waals surface area contributed by atoms with Gasteiger partial charge in [-0.05, 0) is 54.7 Å². The maximum absolute atomic E-state index is 6.32. The first kappa shape index (κ1) is 14.9. The van der Waals surface area contributed by atoms with Crippen LogP contribution in [-0.4, -0.2) is 13.1 Å². The van der Waals surface area contributed by atoms with Crippen molar-refractivity contribution in [2.45, 2.75) is 40.0 Å². The summed E-state index contributed by atoms with van der Waals surface area (Å²) in [5.41, 5.74) is 1.64. The Kier molecular flexibility index (Phi) is 4.92. The third kappa shape index (κ3) is 4.22. The molecule has 0 amide bonds. The molecule has 1 aliphatic carbocycles. The number of hydrogen-bond acceptors (Lipinski definition) is 1. The minimum atomic E-state index is 0.347. The van der Waals surface area contributed by atoms with Crippen molar-refractivity contribution in [3.05, 3.63) is 34.9 Å². The highest BCUT2D eigenvalue weighted by molar-refractivity contribution is 6.31. The second kappa shape index (κ2) is 6.28. The van der Waals surface area contributed by atoms with Crippen molar-refractivity contribution >= 4 is 11.6 Å². The van der Waals surface area contributed by atoms with E-state index in [1.807, 2.05) is 12.1 Å². The molecule has 1 atom stereocenters. The number of nitrogens with one attached hydrogen (secondary N) is 1. The minimum Gasteiger partial charge on any atom is -0.316 e. The fraction of sp³-hybridized carbons (Fsp3) is 0.647. The molecule has 0 spiro atoms. The summed E-state index contributed by atoms with van der Waals surface area (Å²) in [6.45, 7) is 9.14. The van der Waals surface area contributed by atoms with E-state index in [2.05, 4.69) is 38.2 Å². The van der Waals surface area contributed by atoms with Gasteiger partial charge in [-0.2, -0.15) is 0 Å². The lowest BCUT2D eigenvalue weighted by molar-refractivity contribution is 0.252. The first-order chi connectivity index (χ1) is 9.01. The molecule has 106 valence electrons. The van der Waals surface area contributed by atoms with Crippen LogP contribution in [0.2, 0.25) is 5.02 Å². The lowest BCUT2D eigenvalue weighted by Crippen LogP contribution is -2.37. The van der Waals surface area contributed by atoms with Crippen molar-refractivity contribution in [1.82, 2.24) is 5.32 Å². The van der Waals surface area contributed by atoms with Crippen LogP contribution < -0.4 is 5.32 Å². The van der Waals surface area contributed by atoms with Gasteiger partial charge in [0.1, 0.15) is 0 Å². The molecule has 0 saturated heterocycles. The molecule has 1 N–H and O–H groups in total. The van der Waals surface area contributed by atoms with Crippen LogP contribution in [0.15, 0.2) is 24.3 Å². The summed E-state index contributed by atoms with van der Waals surface area (Å²) < 4.78 is 0. The molecule has 1 unspecified atom stereocenters. The Morgan fingerprint density at radius 1 is 1.32 bits per heavy atom. The molecule has 2 heteroatoms. The van der Waals surface area contributed by atoms with Crippen LogP contribution in [0.3, 0.4) is 0 Å². The van der Waals surface area contributed by atoms with Gasteiger partial charge in [0.15, 0.2) is 0 Å². The molecule has 1 aromatic rings. The number of hydrogen-bond donors (Lipinski definition) is 1. The molecule has 19 heavy (non-hydrogen) atoms. The van der Waals surface area contributed by atoms with Crippen LogP contribution in [-0.2, 0) is 6.42 Å². The molecule has 1 saturated carbocycles. The molecule has 0 bridgehead atoms. The van der Waals surface area contributed by atoms with Gasteiger partial charge in [0, 0.05) is 11.6 Å². The Morgan fingerprint density at radius 3 is 2.58 bits per heavy atom. The highest BCUT2D eigenvalue weighted by Gasteiger charge is 2.41. The predicted molar refractivity (Wildman–Crippen MR) is 83.7 cm³/mol. The third-order valence-electron chi connectivity index (χ3n) is 4.20. The SMILES string of the molecule is CC(C)CNCC(C)(Cc1ccccc1Cl)C1CC1. The Morgan fingerprint density at radius 2 is 2.00 bits per heavy atom. The fourth-order valence-corrected chi connectivity index (χ4v) is 3.06. The molecule has 1 nitrogen and oxygen atoms in total. The monoisotopic (exact) mass is 279 g/mol. The summed E-state index contributed by atoms with van der Waals surface area (Å²) in [6, 6.07) is 8.28. The predicted octanol–water partition coefficient (Wildman–Crippen LogP) is 4.54. The van der Waals surface area contributed by atoms with Crippen molar-refractivity contribution in [3.63, 3.8) is 0 Å². The van der Waals surface area contributed by atoms with E-state index in [0.717, 1.165) is 30.5 Å². The van der Waals surface area contributed by atoms with E-state index >= 15 is 0 Å². The van der Waals surface area contributed by atoms with Crippen LogP contribution >= 0.6 is 11.6 Å². The van der Waals surface area contributed by atoms with Gasteiger partial charge < -0.3 is 5.32 Å². The quantitative estimate of drug-likeness (QED) is 0.772. The Balaban J connectivity index is 2.01. The Hall–Kier alpha value is -0.530. The zero-order valence-electron chi connectivity index (χ0n) is 12.4. The van der Waals surface area contributed by atoms with Gasteiger partial charge in [-0.15, -0.1) is 0 Å². The molecule has 2 rings (SSSR count). The van der Waals surface area contributed by atoms with Crippen LogP contribution in [0, 0.1) is 17.3 Å². The van der Waals surface area contributed by atoms with E-state index in [9.17, 15) is 0 Å². The van der Waals surface area contributed by atoms with Crippen LogP contribution in [0.1, 0.15) is 39.2 Å². The Bertz CT molecular complexity index is 411. The third-order valence-corrected chi connectivity index (χ3v) is 4.57. The van der Waals surface area contributed by atoms with Gasteiger partial charge >= 0.3 is 0 Å². The van der Waals surface area contributed by atoms with E-state index in [0.29, 0.717) is 11.3 Å². The van der Waals surface area contributed by atoms with E-state index in [1.54, 1.807) is 0 Å². The average Bonchev–Trinajstić information content (AvgIpc) is 3.16. The molecule has 1 aromatic carbocycles. The highest BCUT2D eigenvalue weighted by atomic mass is 35.5. The average molecular weight is 280 g/mol. The standard InChI is InChI=1S/C17H26ClN/c1-13(2)11-19-12-17(3,15-8-9-15)10-14-6-4-5-7-16(14)18/h4-7,13,15,19H,8-12H2,1-3H3. The van der Waals surface area contributed by atoms with Crippen LogP contribution in [0.25, 0.3) is 0 Å². The summed E-state index contributed by atoms with van der Waals surface area (Å²) in [6.07, 6.45) is 3.84. The molecule has 1 aliphatic rings. The molecule has 0 heterocycles. The van der Waals surface area contributed by atoms with Crippen LogP contribution in [0.5, 0.6) is 0 Å². The topological polar surface area (TPSA) is 12.0 Å². The minimum absolute atomic E-state index is 0.347. The lowest BCUT2D eigenvalue weighted by Gasteiger charge is -2.31. The first-order valence-electron chi connectivity index (χ1n) is 7.45. The van der Waals surface area contributed by atoms with Gasteiger partial charge in [-0.1, -0.05) is 50.6 Å². The second-order valence-corrected chi connectivity index (χ2v) is 7.13. The zero-order chi connectivity index (χ0) is 13.9. The van der Waals surface area contributed by atoms with Crippen molar-refractivity contribution in [2.24, 2.45) is 17.3 Å². The Labute approximate surface area is 122 Å². The molecule has 1 fully saturated rings. The van der Waals surface area contributed by atoms with E-state index in [4.69, 9.17) is 11.6 Å². The molecule has 0 aromatic heterocycles. The number of halogens is 1. The number of benzene rings is 1. The van der Waals surface area contributed by atoms with Gasteiger partial charge in [0.05, 0.1) is 0 Å². The fourth-order valence-electron chi connectivity index (χ4n) is 2.85. The largest absolute Gasteiger partial charge is 0.316 e. The highest BCUT2D eigenvalue weighted by Crippen LogP contribution is 2.47. The summed E-state index contributed by atoms with van der Waals surface area (Å²) in [4.78, 5) is 0. The van der Waals surface area contributed by atoms with Gasteiger partial charge in [0.25, 0.3) is 0 Å². The van der Waals surface area contributed by atoms with Crippen molar-refractivity contribution in [3.8, 4) is 0 Å². The van der Waals surface area contributed by atoms with Gasteiger partial charge in [0.2, 0.25) is 0 Å². The number of rotatable bonds is 7. The molecular formula is C17H26ClN. The van der Waals surface area contributed by atoms with Gasteiger partial charge in [-0.25, -0.2) is 0 Å². The lowest BCUT2D eigenvalue weighted by atomic mass is 9.78. The first-order valence-corrected chi connectivity index (χ1v) is 7.83. The molecular weight excluding hydrogens is 254 g/mol.